The van der Waals surface area contributed by atoms with Crippen LogP contribution in [0.25, 0.3) is 0 Å². The predicted molar refractivity (Wildman–Crippen MR) is 94.8 cm³/mol. The van der Waals surface area contributed by atoms with Gasteiger partial charge < -0.3 is 5.32 Å². The first-order valence-corrected chi connectivity index (χ1v) is 8.35. The van der Waals surface area contributed by atoms with Gasteiger partial charge in [0, 0.05) is 29.8 Å². The molecule has 2 bridgehead atoms. The van der Waals surface area contributed by atoms with Crippen molar-refractivity contribution in [2.24, 2.45) is 11.8 Å². The van der Waals surface area contributed by atoms with Gasteiger partial charge in [0.2, 0.25) is 0 Å². The molecule has 0 aliphatic carbocycles. The topological polar surface area (TPSA) is 59.6 Å². The van der Waals surface area contributed by atoms with Crippen molar-refractivity contribution in [2.75, 3.05) is 0 Å². The van der Waals surface area contributed by atoms with Gasteiger partial charge in [-0.1, -0.05) is 42.5 Å². The summed E-state index contributed by atoms with van der Waals surface area (Å²) in [6.45, 7) is 8.03. The molecule has 1 aromatic carbocycles. The van der Waals surface area contributed by atoms with Gasteiger partial charge in [0.15, 0.2) is 0 Å². The van der Waals surface area contributed by atoms with Crippen molar-refractivity contribution in [2.45, 2.75) is 30.8 Å². The Bertz CT molecular complexity index is 732. The number of nitrogens with zero attached hydrogens (tertiary/aromatic N) is 2. The molecule has 2 saturated heterocycles. The first kappa shape index (κ1) is 16.2. The van der Waals surface area contributed by atoms with Crippen LogP contribution < -0.4 is 5.32 Å². The largest absolute Gasteiger partial charge is 0.310 e. The molecule has 0 spiro atoms. The molecule has 3 heteroatoms. The maximum absolute atomic E-state index is 9.52. The van der Waals surface area contributed by atoms with E-state index in [2.05, 4.69) is 42.7 Å². The van der Waals surface area contributed by atoms with Crippen LogP contribution in [0.2, 0.25) is 0 Å². The smallest absolute Gasteiger partial charge is 0.129 e. The Hall–Kier alpha value is -2.62. The van der Waals surface area contributed by atoms with E-state index in [-0.39, 0.29) is 35.4 Å². The minimum Gasteiger partial charge on any atom is -0.310 e. The Labute approximate surface area is 143 Å². The number of fused-ring (bicyclic) bond motifs is 2. The van der Waals surface area contributed by atoms with Crippen LogP contribution in [0.5, 0.6) is 0 Å². The van der Waals surface area contributed by atoms with Crippen molar-refractivity contribution in [3.05, 3.63) is 72.4 Å². The standard InChI is InChI=1S/C21H21N3/c1-3-16(14-8-6-5-7-9-14)21-19-11-10-18(24-19)17(4-2)20(21)15(12-22)13-23/h3-9,16-19,21,24H,1-2,10-11H2/t16-,17-,18?,19+,21+/m0/s1. The Morgan fingerprint density at radius 1 is 1.12 bits per heavy atom. The summed E-state index contributed by atoms with van der Waals surface area (Å²) in [5, 5.41) is 22.7. The highest BCUT2D eigenvalue weighted by atomic mass is 15.0. The third kappa shape index (κ3) is 2.58. The molecule has 2 aliphatic heterocycles. The first-order valence-electron chi connectivity index (χ1n) is 8.35. The van der Waals surface area contributed by atoms with Crippen molar-refractivity contribution >= 4 is 0 Å². The number of nitrogens with one attached hydrogen (secondary N) is 1. The molecule has 24 heavy (non-hydrogen) atoms. The molecule has 3 nitrogen and oxygen atoms in total. The van der Waals surface area contributed by atoms with Gasteiger partial charge in [0.1, 0.15) is 17.7 Å². The molecular weight excluding hydrogens is 294 g/mol. The Morgan fingerprint density at radius 2 is 1.79 bits per heavy atom. The monoisotopic (exact) mass is 315 g/mol. The molecule has 2 fully saturated rings. The molecule has 2 aliphatic rings. The highest BCUT2D eigenvalue weighted by Crippen LogP contribution is 2.47. The summed E-state index contributed by atoms with van der Waals surface area (Å²) in [6, 6.07) is 15.0. The Balaban J connectivity index is 2.16. The van der Waals surface area contributed by atoms with E-state index in [1.807, 2.05) is 30.4 Å². The predicted octanol–water partition coefficient (Wildman–Crippen LogP) is 3.85. The van der Waals surface area contributed by atoms with Crippen LogP contribution >= 0.6 is 0 Å². The van der Waals surface area contributed by atoms with Gasteiger partial charge in [-0.2, -0.15) is 10.5 Å². The number of rotatable bonds is 4. The minimum absolute atomic E-state index is 0.0224. The number of hydrogen-bond donors (Lipinski definition) is 1. The SMILES string of the molecule is C=C[C@@H]1C(=C(C#N)C#N)[C@H]([C@@H](C=C)c2ccccc2)[C@H]2CCC1N2. The van der Waals surface area contributed by atoms with Crippen LogP contribution in [0.3, 0.4) is 0 Å². The van der Waals surface area contributed by atoms with E-state index in [0.29, 0.717) is 0 Å². The molecule has 2 heterocycles. The van der Waals surface area contributed by atoms with Crippen LogP contribution in [-0.4, -0.2) is 12.1 Å². The van der Waals surface area contributed by atoms with Crippen LogP contribution in [-0.2, 0) is 0 Å². The van der Waals surface area contributed by atoms with Gasteiger partial charge in [0.25, 0.3) is 0 Å². The zero-order valence-electron chi connectivity index (χ0n) is 13.7. The van der Waals surface area contributed by atoms with E-state index in [1.54, 1.807) is 0 Å². The lowest BCUT2D eigenvalue weighted by atomic mass is 9.69. The third-order valence-corrected chi connectivity index (χ3v) is 5.39. The van der Waals surface area contributed by atoms with Crippen molar-refractivity contribution in [3.8, 4) is 12.1 Å². The van der Waals surface area contributed by atoms with Gasteiger partial charge in [-0.25, -0.2) is 0 Å². The number of benzene rings is 1. The fourth-order valence-electron chi connectivity index (χ4n) is 4.41. The number of nitriles is 2. The summed E-state index contributed by atoms with van der Waals surface area (Å²) < 4.78 is 0. The average Bonchev–Trinajstić information content (AvgIpc) is 3.05. The average molecular weight is 315 g/mol. The van der Waals surface area contributed by atoms with Gasteiger partial charge in [-0.05, 0) is 24.0 Å². The lowest BCUT2D eigenvalue weighted by Crippen LogP contribution is -2.48. The minimum atomic E-state index is 0.0224. The Kier molecular flexibility index (Phi) is 4.65. The van der Waals surface area contributed by atoms with Crippen molar-refractivity contribution < 1.29 is 0 Å². The summed E-state index contributed by atoms with van der Waals surface area (Å²) in [5.41, 5.74) is 2.35. The normalized spacial score (nSPS) is 29.2. The van der Waals surface area contributed by atoms with Crippen LogP contribution in [0.15, 0.2) is 66.8 Å². The summed E-state index contributed by atoms with van der Waals surface area (Å²) >= 11 is 0. The van der Waals surface area contributed by atoms with E-state index in [1.165, 1.54) is 5.56 Å². The summed E-state index contributed by atoms with van der Waals surface area (Å²) in [7, 11) is 0. The molecular formula is C21H21N3. The maximum atomic E-state index is 9.52. The molecule has 0 radical (unpaired) electrons. The first-order chi connectivity index (χ1) is 11.7. The zero-order chi connectivity index (χ0) is 17.1. The second-order valence-electron chi connectivity index (χ2n) is 6.47. The van der Waals surface area contributed by atoms with E-state index < -0.39 is 0 Å². The van der Waals surface area contributed by atoms with Crippen molar-refractivity contribution in [3.63, 3.8) is 0 Å². The lowest BCUT2D eigenvalue weighted by molar-refractivity contribution is 0.307. The van der Waals surface area contributed by atoms with E-state index >= 15 is 0 Å². The van der Waals surface area contributed by atoms with Gasteiger partial charge in [-0.15, -0.1) is 13.2 Å². The fourth-order valence-corrected chi connectivity index (χ4v) is 4.41. The molecule has 3 rings (SSSR count). The molecule has 0 amide bonds. The van der Waals surface area contributed by atoms with E-state index in [4.69, 9.17) is 0 Å². The summed E-state index contributed by atoms with van der Waals surface area (Å²) in [4.78, 5) is 0. The zero-order valence-corrected chi connectivity index (χ0v) is 13.7. The second kappa shape index (κ2) is 6.87. The Morgan fingerprint density at radius 3 is 2.38 bits per heavy atom. The van der Waals surface area contributed by atoms with Crippen LogP contribution in [0.4, 0.5) is 0 Å². The molecule has 120 valence electrons. The highest BCUT2D eigenvalue weighted by molar-refractivity contribution is 5.48. The maximum Gasteiger partial charge on any atom is 0.129 e. The number of allylic oxidation sites excluding steroid dienone is 2. The number of piperidine rings is 1. The van der Waals surface area contributed by atoms with Gasteiger partial charge in [0.05, 0.1) is 0 Å². The lowest BCUT2D eigenvalue weighted by Gasteiger charge is -2.41. The van der Waals surface area contributed by atoms with Gasteiger partial charge in [-0.3, -0.25) is 0 Å². The van der Waals surface area contributed by atoms with E-state index in [0.717, 1.165) is 18.4 Å². The number of hydrogen-bond acceptors (Lipinski definition) is 3. The highest BCUT2D eigenvalue weighted by Gasteiger charge is 2.47. The van der Waals surface area contributed by atoms with E-state index in [9.17, 15) is 10.5 Å². The van der Waals surface area contributed by atoms with Crippen LogP contribution in [0, 0.1) is 34.5 Å². The molecule has 5 atom stereocenters. The second-order valence-corrected chi connectivity index (χ2v) is 6.47. The fraction of sp³-hybridized carbons (Fsp3) is 0.333. The molecule has 1 aromatic rings. The summed E-state index contributed by atoms with van der Waals surface area (Å²) in [5.74, 6) is 0.145. The summed E-state index contributed by atoms with van der Waals surface area (Å²) in [6.07, 6.45) is 5.93. The molecule has 1 unspecified atom stereocenters. The molecule has 0 saturated carbocycles. The van der Waals surface area contributed by atoms with Crippen molar-refractivity contribution in [1.82, 2.24) is 5.32 Å². The van der Waals surface area contributed by atoms with Crippen molar-refractivity contribution in [1.29, 1.82) is 10.5 Å². The van der Waals surface area contributed by atoms with Crippen LogP contribution in [0.1, 0.15) is 24.3 Å². The van der Waals surface area contributed by atoms with Gasteiger partial charge >= 0.3 is 0 Å². The molecule has 0 aromatic heterocycles. The molecule has 1 N–H and O–H groups in total. The third-order valence-electron chi connectivity index (χ3n) is 5.39. The quantitative estimate of drug-likeness (QED) is 0.678.